The fourth-order valence-corrected chi connectivity index (χ4v) is 3.63. The molecule has 0 aliphatic carbocycles. The van der Waals surface area contributed by atoms with Crippen molar-refractivity contribution in [1.82, 2.24) is 4.90 Å². The van der Waals surface area contributed by atoms with Gasteiger partial charge in [0.15, 0.2) is 0 Å². The molecule has 2 aliphatic rings. The molecule has 128 valence electrons. The van der Waals surface area contributed by atoms with Gasteiger partial charge in [-0.05, 0) is 42.5 Å². The monoisotopic (exact) mass is 347 g/mol. The first-order chi connectivity index (χ1) is 11.4. The zero-order chi connectivity index (χ0) is 17.3. The van der Waals surface area contributed by atoms with Crippen molar-refractivity contribution in [2.24, 2.45) is 16.9 Å². The van der Waals surface area contributed by atoms with Crippen LogP contribution in [0.1, 0.15) is 33.1 Å². The summed E-state index contributed by atoms with van der Waals surface area (Å²) in [5.74, 6) is 0.848. The highest BCUT2D eigenvalue weighted by molar-refractivity contribution is 6.40. The van der Waals surface area contributed by atoms with Gasteiger partial charge >= 0.3 is 0 Å². The van der Waals surface area contributed by atoms with Crippen LogP contribution in [0.25, 0.3) is 0 Å². The number of nitrogens with zero attached hydrogens (tertiary/aromatic N) is 3. The molecule has 1 aromatic carbocycles. The number of halogens is 1. The van der Waals surface area contributed by atoms with Crippen molar-refractivity contribution >= 4 is 34.8 Å². The number of carbonyl (C=O) groups excluding carboxylic acids is 2. The summed E-state index contributed by atoms with van der Waals surface area (Å²) in [7, 11) is 0. The summed E-state index contributed by atoms with van der Waals surface area (Å²) in [6, 6.07) is 6.90. The Labute approximate surface area is 147 Å². The normalized spacial score (nSPS) is 24.8. The molecular weight excluding hydrogens is 326 g/mol. The van der Waals surface area contributed by atoms with Crippen molar-refractivity contribution in [3.05, 3.63) is 29.3 Å². The summed E-state index contributed by atoms with van der Waals surface area (Å²) in [5, 5.41) is 6.27. The minimum absolute atomic E-state index is 0.0418. The van der Waals surface area contributed by atoms with Crippen molar-refractivity contribution in [2.45, 2.75) is 33.1 Å². The van der Waals surface area contributed by atoms with Gasteiger partial charge < -0.3 is 4.90 Å². The Morgan fingerprint density at radius 1 is 1.12 bits per heavy atom. The fraction of sp³-hybridized carbons (Fsp3) is 0.500. The van der Waals surface area contributed by atoms with Gasteiger partial charge in [0, 0.05) is 31.0 Å². The number of hydrogen-bond donors (Lipinski definition) is 0. The molecule has 2 unspecified atom stereocenters. The van der Waals surface area contributed by atoms with Crippen LogP contribution in [0.4, 0.5) is 5.69 Å². The molecule has 0 spiro atoms. The summed E-state index contributed by atoms with van der Waals surface area (Å²) < 4.78 is 0. The summed E-state index contributed by atoms with van der Waals surface area (Å²) >= 11 is 5.89. The van der Waals surface area contributed by atoms with Gasteiger partial charge in [-0.1, -0.05) is 25.4 Å². The lowest BCUT2D eigenvalue weighted by Crippen LogP contribution is -2.47. The molecule has 1 fully saturated rings. The van der Waals surface area contributed by atoms with Crippen LogP contribution >= 0.6 is 11.6 Å². The largest absolute Gasteiger partial charge is 0.337 e. The van der Waals surface area contributed by atoms with E-state index in [-0.39, 0.29) is 11.8 Å². The zero-order valence-corrected chi connectivity index (χ0v) is 14.8. The molecule has 2 heterocycles. The lowest BCUT2D eigenvalue weighted by Gasteiger charge is -2.36. The van der Waals surface area contributed by atoms with E-state index >= 15 is 0 Å². The topological polar surface area (TPSA) is 53.0 Å². The molecule has 1 aromatic rings. The number of piperidine rings is 1. The van der Waals surface area contributed by atoms with E-state index in [9.17, 15) is 9.59 Å². The minimum Gasteiger partial charge on any atom is -0.337 e. The van der Waals surface area contributed by atoms with Crippen molar-refractivity contribution in [3.63, 3.8) is 0 Å². The Morgan fingerprint density at radius 3 is 2.38 bits per heavy atom. The maximum atomic E-state index is 12.8. The Morgan fingerprint density at radius 2 is 1.75 bits per heavy atom. The van der Waals surface area contributed by atoms with Crippen LogP contribution in [0.2, 0.25) is 5.02 Å². The number of amides is 2. The van der Waals surface area contributed by atoms with Gasteiger partial charge in [0.1, 0.15) is 5.71 Å². The number of hydrazone groups is 1. The van der Waals surface area contributed by atoms with Gasteiger partial charge in [-0.2, -0.15) is 5.10 Å². The smallest absolute Gasteiger partial charge is 0.270 e. The Balaban J connectivity index is 1.82. The van der Waals surface area contributed by atoms with E-state index in [1.807, 2.05) is 4.90 Å². The third kappa shape index (κ3) is 3.61. The van der Waals surface area contributed by atoms with E-state index in [1.165, 1.54) is 5.01 Å². The van der Waals surface area contributed by atoms with Gasteiger partial charge in [0.25, 0.3) is 5.91 Å². The fourth-order valence-electron chi connectivity index (χ4n) is 3.50. The second-order valence-corrected chi connectivity index (χ2v) is 7.32. The highest BCUT2D eigenvalue weighted by atomic mass is 35.5. The van der Waals surface area contributed by atoms with Crippen LogP contribution in [0.3, 0.4) is 0 Å². The van der Waals surface area contributed by atoms with Crippen LogP contribution in [0, 0.1) is 11.8 Å². The molecule has 2 amide bonds. The molecule has 0 aromatic heterocycles. The summed E-state index contributed by atoms with van der Waals surface area (Å²) in [6.07, 6.45) is 1.85. The highest BCUT2D eigenvalue weighted by Crippen LogP contribution is 2.25. The molecule has 24 heavy (non-hydrogen) atoms. The van der Waals surface area contributed by atoms with Crippen LogP contribution < -0.4 is 5.01 Å². The van der Waals surface area contributed by atoms with Crippen molar-refractivity contribution < 1.29 is 9.59 Å². The SMILES string of the molecule is CC1CC(C)CN(C(=O)C2=NN(c3ccc(Cl)cc3)C(=O)CC2)C1. The number of hydrogen-bond acceptors (Lipinski definition) is 3. The van der Waals surface area contributed by atoms with Crippen molar-refractivity contribution in [2.75, 3.05) is 18.1 Å². The first-order valence-corrected chi connectivity index (χ1v) is 8.77. The second-order valence-electron chi connectivity index (χ2n) is 6.88. The first-order valence-electron chi connectivity index (χ1n) is 8.39. The maximum Gasteiger partial charge on any atom is 0.270 e. The van der Waals surface area contributed by atoms with Crippen LogP contribution in [0.15, 0.2) is 29.4 Å². The quantitative estimate of drug-likeness (QED) is 0.824. The summed E-state index contributed by atoms with van der Waals surface area (Å²) in [6.45, 7) is 5.86. The summed E-state index contributed by atoms with van der Waals surface area (Å²) in [5.41, 5.74) is 1.10. The Hall–Kier alpha value is -1.88. The van der Waals surface area contributed by atoms with E-state index in [0.717, 1.165) is 19.5 Å². The highest BCUT2D eigenvalue weighted by Gasteiger charge is 2.31. The number of anilines is 1. The number of benzene rings is 1. The van der Waals surface area contributed by atoms with Crippen LogP contribution in [-0.2, 0) is 9.59 Å². The zero-order valence-electron chi connectivity index (χ0n) is 14.0. The van der Waals surface area contributed by atoms with E-state index in [4.69, 9.17) is 11.6 Å². The molecule has 0 N–H and O–H groups in total. The van der Waals surface area contributed by atoms with E-state index in [0.29, 0.717) is 41.1 Å². The molecule has 6 heteroatoms. The molecule has 2 atom stereocenters. The van der Waals surface area contributed by atoms with E-state index in [1.54, 1.807) is 24.3 Å². The predicted octanol–water partition coefficient (Wildman–Crippen LogP) is 3.33. The second kappa shape index (κ2) is 6.93. The van der Waals surface area contributed by atoms with Gasteiger partial charge in [0.2, 0.25) is 5.91 Å². The molecule has 0 radical (unpaired) electrons. The van der Waals surface area contributed by atoms with Crippen LogP contribution in [-0.4, -0.2) is 35.5 Å². The summed E-state index contributed by atoms with van der Waals surface area (Å²) in [4.78, 5) is 26.9. The maximum absolute atomic E-state index is 12.8. The first kappa shape index (κ1) is 17.0. The lowest BCUT2D eigenvalue weighted by molar-refractivity contribution is -0.126. The Bertz CT molecular complexity index is 661. The van der Waals surface area contributed by atoms with Gasteiger partial charge in [0.05, 0.1) is 5.69 Å². The third-order valence-corrected chi connectivity index (χ3v) is 4.76. The molecular formula is C18H22ClN3O2. The third-order valence-electron chi connectivity index (χ3n) is 4.51. The van der Waals surface area contributed by atoms with Gasteiger partial charge in [-0.3, -0.25) is 9.59 Å². The molecule has 3 rings (SSSR count). The molecule has 1 saturated heterocycles. The predicted molar refractivity (Wildman–Crippen MR) is 95.1 cm³/mol. The van der Waals surface area contributed by atoms with Gasteiger partial charge in [-0.25, -0.2) is 5.01 Å². The average molecular weight is 348 g/mol. The molecule has 2 aliphatic heterocycles. The lowest BCUT2D eigenvalue weighted by atomic mass is 9.91. The average Bonchev–Trinajstić information content (AvgIpc) is 2.55. The molecule has 5 nitrogen and oxygen atoms in total. The number of rotatable bonds is 2. The van der Waals surface area contributed by atoms with Crippen molar-refractivity contribution in [1.29, 1.82) is 0 Å². The molecule has 0 saturated carbocycles. The van der Waals surface area contributed by atoms with Gasteiger partial charge in [-0.15, -0.1) is 0 Å². The van der Waals surface area contributed by atoms with Crippen molar-refractivity contribution in [3.8, 4) is 0 Å². The molecule has 0 bridgehead atoms. The van der Waals surface area contributed by atoms with Crippen LogP contribution in [0.5, 0.6) is 0 Å². The number of carbonyl (C=O) groups is 2. The number of likely N-dealkylation sites (tertiary alicyclic amines) is 1. The van der Waals surface area contributed by atoms with E-state index < -0.39 is 0 Å². The standard InChI is InChI=1S/C18H22ClN3O2/c1-12-9-13(2)11-21(10-12)18(24)16-7-8-17(23)22(20-16)15-5-3-14(19)4-6-15/h3-6,12-13H,7-11H2,1-2H3. The minimum atomic E-state index is -0.103. The van der Waals surface area contributed by atoms with E-state index in [2.05, 4.69) is 18.9 Å². The Kier molecular flexibility index (Phi) is 4.90.